The van der Waals surface area contributed by atoms with Crippen molar-refractivity contribution < 1.29 is 22.1 Å². The zero-order valence-corrected chi connectivity index (χ0v) is 17.6. The van der Waals surface area contributed by atoms with Crippen molar-refractivity contribution in [3.05, 3.63) is 65.7 Å². The standard InChI is InChI=1S/C22H27NO5S/c1-27-14-6-13-23(16-17-9-11-19(12-10-17)28-29(2,25)26)22(24)21-15-20(21)18-7-4-3-5-8-18/h3-5,7-12,20-21H,6,13-16H2,1-2H3/t20-,21-/m0/s1. The van der Waals surface area contributed by atoms with Gasteiger partial charge in [-0.05, 0) is 42.0 Å². The fourth-order valence-electron chi connectivity index (χ4n) is 3.48. The van der Waals surface area contributed by atoms with Gasteiger partial charge in [0.25, 0.3) is 0 Å². The molecular weight excluding hydrogens is 390 g/mol. The maximum atomic E-state index is 13.1. The van der Waals surface area contributed by atoms with Crippen molar-refractivity contribution in [2.75, 3.05) is 26.5 Å². The van der Waals surface area contributed by atoms with E-state index in [4.69, 9.17) is 8.92 Å². The first kappa shape index (κ1) is 21.3. The van der Waals surface area contributed by atoms with Gasteiger partial charge in [0.2, 0.25) is 5.91 Å². The maximum absolute atomic E-state index is 13.1. The van der Waals surface area contributed by atoms with Crippen LogP contribution in [0.15, 0.2) is 54.6 Å². The van der Waals surface area contributed by atoms with E-state index in [1.165, 1.54) is 5.56 Å². The lowest BCUT2D eigenvalue weighted by Gasteiger charge is -2.23. The fraction of sp³-hybridized carbons (Fsp3) is 0.409. The monoisotopic (exact) mass is 417 g/mol. The Hall–Kier alpha value is -2.38. The van der Waals surface area contributed by atoms with Gasteiger partial charge in [-0.3, -0.25) is 4.79 Å². The van der Waals surface area contributed by atoms with E-state index >= 15 is 0 Å². The van der Waals surface area contributed by atoms with Crippen LogP contribution in [0.3, 0.4) is 0 Å². The molecule has 7 heteroatoms. The Balaban J connectivity index is 1.66. The smallest absolute Gasteiger partial charge is 0.306 e. The van der Waals surface area contributed by atoms with Gasteiger partial charge in [-0.1, -0.05) is 42.5 Å². The maximum Gasteiger partial charge on any atom is 0.306 e. The predicted molar refractivity (Wildman–Crippen MR) is 111 cm³/mol. The van der Waals surface area contributed by atoms with Crippen LogP contribution in [0.4, 0.5) is 0 Å². The van der Waals surface area contributed by atoms with E-state index in [0.717, 1.165) is 24.7 Å². The molecule has 156 valence electrons. The molecule has 0 spiro atoms. The third-order valence-electron chi connectivity index (χ3n) is 4.97. The van der Waals surface area contributed by atoms with Crippen LogP contribution < -0.4 is 4.18 Å². The molecule has 2 aromatic rings. The molecule has 0 bridgehead atoms. The highest BCUT2D eigenvalue weighted by molar-refractivity contribution is 7.86. The van der Waals surface area contributed by atoms with Crippen molar-refractivity contribution in [2.24, 2.45) is 5.92 Å². The van der Waals surface area contributed by atoms with Gasteiger partial charge in [-0.15, -0.1) is 0 Å². The van der Waals surface area contributed by atoms with Crippen molar-refractivity contribution in [1.29, 1.82) is 0 Å². The summed E-state index contributed by atoms with van der Waals surface area (Å²) < 4.78 is 32.5. The molecule has 29 heavy (non-hydrogen) atoms. The summed E-state index contributed by atoms with van der Waals surface area (Å²) in [5.74, 6) is 0.734. The number of methoxy groups -OCH3 is 1. The first-order valence-corrected chi connectivity index (χ1v) is 11.5. The average Bonchev–Trinajstić information content (AvgIpc) is 3.49. The molecule has 1 fully saturated rings. The highest BCUT2D eigenvalue weighted by Crippen LogP contribution is 2.48. The lowest BCUT2D eigenvalue weighted by atomic mass is 10.1. The number of benzene rings is 2. The molecule has 0 unspecified atom stereocenters. The molecule has 6 nitrogen and oxygen atoms in total. The minimum Gasteiger partial charge on any atom is -0.385 e. The highest BCUT2D eigenvalue weighted by atomic mass is 32.2. The summed E-state index contributed by atoms with van der Waals surface area (Å²) in [7, 11) is -1.90. The number of ether oxygens (including phenoxy) is 1. The van der Waals surface area contributed by atoms with Crippen molar-refractivity contribution in [3.63, 3.8) is 0 Å². The largest absolute Gasteiger partial charge is 0.385 e. The Morgan fingerprint density at radius 2 is 1.79 bits per heavy atom. The third kappa shape index (κ3) is 6.30. The topological polar surface area (TPSA) is 72.9 Å². The number of carbonyl (C=O) groups excluding carboxylic acids is 1. The summed E-state index contributed by atoms with van der Waals surface area (Å²) in [6.07, 6.45) is 2.65. The van der Waals surface area contributed by atoms with Crippen molar-refractivity contribution in [2.45, 2.75) is 25.3 Å². The summed E-state index contributed by atoms with van der Waals surface area (Å²) in [5.41, 5.74) is 2.14. The van der Waals surface area contributed by atoms with Crippen LogP contribution in [0, 0.1) is 5.92 Å². The van der Waals surface area contributed by atoms with Crippen LogP contribution in [0.2, 0.25) is 0 Å². The van der Waals surface area contributed by atoms with Crippen molar-refractivity contribution in [3.8, 4) is 5.75 Å². The number of amides is 1. The fourth-order valence-corrected chi connectivity index (χ4v) is 3.94. The van der Waals surface area contributed by atoms with Crippen LogP contribution in [0.5, 0.6) is 5.75 Å². The van der Waals surface area contributed by atoms with Gasteiger partial charge in [0.1, 0.15) is 5.75 Å². The predicted octanol–water partition coefficient (Wildman–Crippen LogP) is 3.19. The minimum atomic E-state index is -3.56. The molecule has 1 amide bonds. The first-order valence-electron chi connectivity index (χ1n) is 9.68. The normalized spacial score (nSPS) is 18.3. The molecule has 0 aromatic heterocycles. The van der Waals surface area contributed by atoms with E-state index in [1.807, 2.05) is 23.1 Å². The molecule has 2 atom stereocenters. The molecular formula is C22H27NO5S. The molecule has 0 N–H and O–H groups in total. The van der Waals surface area contributed by atoms with Crippen LogP contribution in [0.1, 0.15) is 29.9 Å². The van der Waals surface area contributed by atoms with Gasteiger partial charge in [0.05, 0.1) is 6.26 Å². The zero-order chi connectivity index (χ0) is 20.9. The van der Waals surface area contributed by atoms with Gasteiger partial charge >= 0.3 is 10.1 Å². The van der Waals surface area contributed by atoms with E-state index in [9.17, 15) is 13.2 Å². The van der Waals surface area contributed by atoms with Gasteiger partial charge in [-0.25, -0.2) is 0 Å². The van der Waals surface area contributed by atoms with Crippen LogP contribution in [-0.4, -0.2) is 45.7 Å². The quantitative estimate of drug-likeness (QED) is 0.438. The van der Waals surface area contributed by atoms with Crippen LogP contribution in [0.25, 0.3) is 0 Å². The molecule has 0 saturated heterocycles. The molecule has 1 aliphatic carbocycles. The number of rotatable bonds is 10. The van der Waals surface area contributed by atoms with E-state index in [1.54, 1.807) is 31.4 Å². The van der Waals surface area contributed by atoms with E-state index < -0.39 is 10.1 Å². The van der Waals surface area contributed by atoms with Gasteiger partial charge in [0.15, 0.2) is 0 Å². The number of carbonyl (C=O) groups is 1. The molecule has 0 aliphatic heterocycles. The Labute approximate surface area is 172 Å². The Kier molecular flexibility index (Phi) is 6.92. The zero-order valence-electron chi connectivity index (χ0n) is 16.8. The molecule has 2 aromatic carbocycles. The number of hydrogen-bond acceptors (Lipinski definition) is 5. The van der Waals surface area contributed by atoms with Gasteiger partial charge < -0.3 is 13.8 Å². The van der Waals surface area contributed by atoms with Crippen LogP contribution >= 0.6 is 0 Å². The Bertz CT molecular complexity index is 912. The second-order valence-corrected chi connectivity index (χ2v) is 8.97. The SMILES string of the molecule is COCCCN(Cc1ccc(OS(C)(=O)=O)cc1)C(=O)[C@H]1C[C@H]1c1ccccc1. The average molecular weight is 418 g/mol. The van der Waals surface area contributed by atoms with E-state index in [0.29, 0.717) is 25.6 Å². The van der Waals surface area contributed by atoms with Gasteiger partial charge in [0, 0.05) is 32.7 Å². The third-order valence-corrected chi connectivity index (χ3v) is 5.46. The highest BCUT2D eigenvalue weighted by Gasteiger charge is 2.45. The van der Waals surface area contributed by atoms with Gasteiger partial charge in [-0.2, -0.15) is 8.42 Å². The summed E-state index contributed by atoms with van der Waals surface area (Å²) >= 11 is 0. The first-order chi connectivity index (χ1) is 13.9. The molecule has 0 heterocycles. The second-order valence-electron chi connectivity index (χ2n) is 7.40. The Morgan fingerprint density at radius 3 is 2.41 bits per heavy atom. The van der Waals surface area contributed by atoms with Crippen molar-refractivity contribution >= 4 is 16.0 Å². The molecule has 1 aliphatic rings. The minimum absolute atomic E-state index is 0.0211. The van der Waals surface area contributed by atoms with Crippen molar-refractivity contribution in [1.82, 2.24) is 4.90 Å². The summed E-state index contributed by atoms with van der Waals surface area (Å²) in [6, 6.07) is 16.9. The lowest BCUT2D eigenvalue weighted by molar-refractivity contribution is -0.133. The number of nitrogens with zero attached hydrogens (tertiary/aromatic N) is 1. The summed E-state index contributed by atoms with van der Waals surface area (Å²) in [4.78, 5) is 15.0. The second kappa shape index (κ2) is 9.41. The Morgan fingerprint density at radius 1 is 1.10 bits per heavy atom. The molecule has 3 rings (SSSR count). The van der Waals surface area contributed by atoms with Crippen LogP contribution in [-0.2, 0) is 26.2 Å². The summed E-state index contributed by atoms with van der Waals surface area (Å²) in [6.45, 7) is 1.68. The number of hydrogen-bond donors (Lipinski definition) is 0. The lowest BCUT2D eigenvalue weighted by Crippen LogP contribution is -2.33. The molecule has 1 saturated carbocycles. The molecule has 0 radical (unpaired) electrons. The van der Waals surface area contributed by atoms with E-state index in [2.05, 4.69) is 12.1 Å². The summed E-state index contributed by atoms with van der Waals surface area (Å²) in [5, 5.41) is 0. The van der Waals surface area contributed by atoms with E-state index in [-0.39, 0.29) is 17.6 Å².